The number of hydrogen-bond donors (Lipinski definition) is 2. The van der Waals surface area contributed by atoms with E-state index in [4.69, 9.17) is 9.26 Å². The Morgan fingerprint density at radius 3 is 2.60 bits per heavy atom. The number of alkyl halides is 3. The second-order valence-electron chi connectivity index (χ2n) is 10.3. The van der Waals surface area contributed by atoms with E-state index in [1.165, 1.54) is 29.3 Å². The maximum atomic E-state index is 13.0. The number of nitriles is 1. The highest BCUT2D eigenvalue weighted by Crippen LogP contribution is 2.49. The molecule has 16 heteroatoms. The Balaban J connectivity index is 2.37. The maximum Gasteiger partial charge on any atom is 0.471 e. The lowest BCUT2D eigenvalue weighted by Crippen LogP contribution is -2.36. The molecule has 2 N–H and O–H groups in total. The van der Waals surface area contributed by atoms with E-state index in [0.717, 1.165) is 0 Å². The van der Waals surface area contributed by atoms with Gasteiger partial charge in [0, 0.05) is 63.5 Å². The van der Waals surface area contributed by atoms with E-state index >= 15 is 0 Å². The van der Waals surface area contributed by atoms with Crippen molar-refractivity contribution in [3.63, 3.8) is 0 Å². The van der Waals surface area contributed by atoms with Crippen molar-refractivity contribution in [2.45, 2.75) is 77.2 Å². The number of carbonyl (C=O) groups is 1. The SMILES string of the molecule is CC(C)N(C(C)C)P(CCC#N)OC1CC(n2cc(/C=C/CNC(=O)C(F)(F)F)c(N=CN(C)C)nc2=O)OC1CO. The lowest BCUT2D eigenvalue weighted by Gasteiger charge is -2.38. The maximum absolute atomic E-state index is 13.0. The molecular formula is C26H39F3N7O5P. The first kappa shape index (κ1) is 35.3. The van der Waals surface area contributed by atoms with Crippen LogP contribution in [-0.2, 0) is 14.1 Å². The summed E-state index contributed by atoms with van der Waals surface area (Å²) < 4.78 is 53.4. The van der Waals surface area contributed by atoms with Crippen molar-refractivity contribution in [3.8, 4) is 6.07 Å². The molecule has 1 amide bonds. The Morgan fingerprint density at radius 1 is 1.38 bits per heavy atom. The van der Waals surface area contributed by atoms with Crippen LogP contribution in [0.15, 0.2) is 22.1 Å². The zero-order valence-corrected chi connectivity index (χ0v) is 25.5. The highest BCUT2D eigenvalue weighted by atomic mass is 31.2. The van der Waals surface area contributed by atoms with Crippen molar-refractivity contribution >= 4 is 32.4 Å². The standard InChI is InChI=1S/C26H39F3N7O5P/c1-17(2)36(18(3)4)42(12-8-10-30)41-20-13-22(40-21(20)15-37)35-14-19(9-7-11-31-24(38)26(27,28)29)23(33-25(35)39)32-16-34(5)6/h7,9,14,16-18,20-22,37H,8,11-13,15H2,1-6H3,(H,31,38)/b9-7+,32-16?. The van der Waals surface area contributed by atoms with Gasteiger partial charge in [-0.2, -0.15) is 23.4 Å². The number of aliphatic imine (C=N–C) groups is 1. The number of aliphatic hydroxyl groups is 1. The van der Waals surface area contributed by atoms with Crippen LogP contribution in [-0.4, -0.2) is 100 Å². The Hall–Kier alpha value is -2.89. The van der Waals surface area contributed by atoms with Crippen LogP contribution in [0.1, 0.15) is 52.3 Å². The first-order chi connectivity index (χ1) is 19.7. The number of rotatable bonds is 14. The Kier molecular flexibility index (Phi) is 13.5. The number of amides is 1. The smallest absolute Gasteiger partial charge is 0.394 e. The molecule has 42 heavy (non-hydrogen) atoms. The first-order valence-electron chi connectivity index (χ1n) is 13.4. The molecule has 1 aromatic heterocycles. The van der Waals surface area contributed by atoms with Crippen molar-refractivity contribution in [1.82, 2.24) is 24.4 Å². The quantitative estimate of drug-likeness (QED) is 0.183. The molecule has 0 bridgehead atoms. The summed E-state index contributed by atoms with van der Waals surface area (Å²) in [5, 5.41) is 21.0. The van der Waals surface area contributed by atoms with Gasteiger partial charge in [0.25, 0.3) is 0 Å². The van der Waals surface area contributed by atoms with Crippen LogP contribution in [0.4, 0.5) is 19.0 Å². The summed E-state index contributed by atoms with van der Waals surface area (Å²) in [6, 6.07) is 2.44. The zero-order chi connectivity index (χ0) is 31.6. The molecule has 12 nitrogen and oxygen atoms in total. The van der Waals surface area contributed by atoms with E-state index in [2.05, 4.69) is 20.7 Å². The molecule has 0 aromatic carbocycles. The minimum Gasteiger partial charge on any atom is -0.394 e. The third kappa shape index (κ3) is 10.1. The van der Waals surface area contributed by atoms with Gasteiger partial charge < -0.3 is 24.6 Å². The molecule has 1 fully saturated rings. The summed E-state index contributed by atoms with van der Waals surface area (Å²) in [4.78, 5) is 34.0. The van der Waals surface area contributed by atoms with Gasteiger partial charge in [0.1, 0.15) is 20.6 Å². The molecule has 4 atom stereocenters. The third-order valence-corrected chi connectivity index (χ3v) is 8.52. The Morgan fingerprint density at radius 2 is 2.05 bits per heavy atom. The van der Waals surface area contributed by atoms with Crippen LogP contribution in [0.5, 0.6) is 0 Å². The van der Waals surface area contributed by atoms with Crippen LogP contribution in [0.2, 0.25) is 0 Å². The van der Waals surface area contributed by atoms with Gasteiger partial charge in [-0.25, -0.2) is 9.79 Å². The van der Waals surface area contributed by atoms with Gasteiger partial charge in [-0.1, -0.05) is 12.2 Å². The fourth-order valence-electron chi connectivity index (χ4n) is 4.29. The van der Waals surface area contributed by atoms with Crippen LogP contribution in [0.25, 0.3) is 6.08 Å². The van der Waals surface area contributed by atoms with Crippen molar-refractivity contribution in [1.29, 1.82) is 5.26 Å². The lowest BCUT2D eigenvalue weighted by atomic mass is 10.2. The number of aromatic nitrogens is 2. The molecular weight excluding hydrogens is 578 g/mol. The van der Waals surface area contributed by atoms with Crippen molar-refractivity contribution in [3.05, 3.63) is 28.3 Å². The Labute approximate surface area is 244 Å². The second kappa shape index (κ2) is 16.1. The molecule has 234 valence electrons. The van der Waals surface area contributed by atoms with E-state index in [-0.39, 0.29) is 36.5 Å². The molecule has 0 spiro atoms. The predicted octanol–water partition coefficient (Wildman–Crippen LogP) is 3.17. The number of carbonyl (C=O) groups excluding carboxylic acids is 1. The largest absolute Gasteiger partial charge is 0.471 e. The number of nitrogens with zero attached hydrogens (tertiary/aromatic N) is 6. The van der Waals surface area contributed by atoms with Gasteiger partial charge in [-0.15, -0.1) is 0 Å². The average molecular weight is 618 g/mol. The normalized spacial score (nSPS) is 20.2. The number of aliphatic hydroxyl groups excluding tert-OH is 1. The molecule has 2 heterocycles. The second-order valence-corrected chi connectivity index (χ2v) is 12.1. The summed E-state index contributed by atoms with van der Waals surface area (Å²) in [5.74, 6) is -2.07. The zero-order valence-electron chi connectivity index (χ0n) is 24.6. The molecule has 1 aliphatic rings. The van der Waals surface area contributed by atoms with Crippen LogP contribution in [0, 0.1) is 11.3 Å². The number of nitrogens with one attached hydrogen (secondary N) is 1. The molecule has 1 saturated heterocycles. The van der Waals surface area contributed by atoms with E-state index in [1.807, 2.05) is 27.7 Å². The molecule has 1 aliphatic heterocycles. The van der Waals surface area contributed by atoms with Crippen molar-refractivity contribution in [2.24, 2.45) is 4.99 Å². The fourth-order valence-corrected chi connectivity index (χ4v) is 6.59. The predicted molar refractivity (Wildman–Crippen MR) is 153 cm³/mol. The monoisotopic (exact) mass is 617 g/mol. The van der Waals surface area contributed by atoms with Gasteiger partial charge in [0.2, 0.25) is 0 Å². The number of halogens is 3. The van der Waals surface area contributed by atoms with Gasteiger partial charge in [-0.3, -0.25) is 14.0 Å². The van der Waals surface area contributed by atoms with Gasteiger partial charge >= 0.3 is 17.8 Å². The minimum absolute atomic E-state index is 0.0115. The summed E-state index contributed by atoms with van der Waals surface area (Å²) in [6.07, 6.45) is -0.737. The third-order valence-electron chi connectivity index (χ3n) is 5.96. The summed E-state index contributed by atoms with van der Waals surface area (Å²) in [7, 11) is 2.19. The molecule has 0 aliphatic carbocycles. The number of hydrogen-bond acceptors (Lipinski definition) is 9. The fraction of sp³-hybridized carbons (Fsp3) is 0.654. The molecule has 2 rings (SSSR count). The van der Waals surface area contributed by atoms with Crippen molar-refractivity contribution in [2.75, 3.05) is 33.4 Å². The molecule has 4 unspecified atom stereocenters. The average Bonchev–Trinajstić information content (AvgIpc) is 3.30. The Bertz CT molecular complexity index is 1190. The van der Waals surface area contributed by atoms with Gasteiger partial charge in [0.05, 0.1) is 25.1 Å². The van der Waals surface area contributed by atoms with E-state index in [1.54, 1.807) is 24.3 Å². The highest BCUT2D eigenvalue weighted by molar-refractivity contribution is 7.50. The highest BCUT2D eigenvalue weighted by Gasteiger charge is 2.41. The number of ether oxygens (including phenoxy) is 1. The van der Waals surface area contributed by atoms with Crippen LogP contribution in [0.3, 0.4) is 0 Å². The summed E-state index contributed by atoms with van der Waals surface area (Å²) in [5.41, 5.74) is -0.409. The van der Waals surface area contributed by atoms with Gasteiger partial charge in [-0.05, 0) is 27.7 Å². The summed E-state index contributed by atoms with van der Waals surface area (Å²) in [6.45, 7) is 7.36. The van der Waals surface area contributed by atoms with Crippen LogP contribution < -0.4 is 11.0 Å². The van der Waals surface area contributed by atoms with Crippen molar-refractivity contribution < 1.29 is 32.3 Å². The lowest BCUT2D eigenvalue weighted by molar-refractivity contribution is -0.173. The topological polar surface area (TPSA) is 145 Å². The molecule has 0 saturated carbocycles. The first-order valence-corrected chi connectivity index (χ1v) is 14.8. The van der Waals surface area contributed by atoms with E-state index in [9.17, 15) is 33.1 Å². The molecule has 1 aromatic rings. The van der Waals surface area contributed by atoms with Crippen LogP contribution >= 0.6 is 8.30 Å². The van der Waals surface area contributed by atoms with Gasteiger partial charge in [0.15, 0.2) is 5.82 Å². The van der Waals surface area contributed by atoms with E-state index < -0.39 is 51.1 Å². The summed E-state index contributed by atoms with van der Waals surface area (Å²) >= 11 is 0. The minimum atomic E-state index is -5.01. The molecule has 0 radical (unpaired) electrons. The van der Waals surface area contributed by atoms with E-state index in [0.29, 0.717) is 12.6 Å².